The fourth-order valence-corrected chi connectivity index (χ4v) is 6.69. The second kappa shape index (κ2) is 12.3. The van der Waals surface area contributed by atoms with E-state index < -0.39 is 11.8 Å². The van der Waals surface area contributed by atoms with Crippen LogP contribution in [0.1, 0.15) is 80.4 Å². The van der Waals surface area contributed by atoms with Gasteiger partial charge in [0, 0.05) is 34.9 Å². The van der Waals surface area contributed by atoms with Gasteiger partial charge in [0.15, 0.2) is 5.78 Å². The summed E-state index contributed by atoms with van der Waals surface area (Å²) in [5.74, 6) is -0.671. The SMILES string of the molecule is CC1=NC2=C(C(=O)C[C@H](c3ccccc3)C2)[C@H](c2ccccc2OCc2ccccc2)C1C(=O)OC1CCCCC1. The number of aliphatic imine (C=N–C) groups is 1. The minimum atomic E-state index is -0.672. The van der Waals surface area contributed by atoms with Gasteiger partial charge in [0.2, 0.25) is 0 Å². The predicted molar refractivity (Wildman–Crippen MR) is 160 cm³/mol. The van der Waals surface area contributed by atoms with Gasteiger partial charge in [-0.25, -0.2) is 0 Å². The minimum Gasteiger partial charge on any atom is -0.489 e. The van der Waals surface area contributed by atoms with Crippen LogP contribution in [0.15, 0.2) is 101 Å². The van der Waals surface area contributed by atoms with Gasteiger partial charge >= 0.3 is 5.97 Å². The summed E-state index contributed by atoms with van der Waals surface area (Å²) in [5, 5.41) is 0. The molecule has 0 radical (unpaired) electrons. The van der Waals surface area contributed by atoms with Crippen molar-refractivity contribution in [2.75, 3.05) is 0 Å². The molecule has 3 aliphatic rings. The molecule has 1 fully saturated rings. The summed E-state index contributed by atoms with van der Waals surface area (Å²) in [6.07, 6.45) is 6.09. The molecule has 0 bridgehead atoms. The zero-order chi connectivity index (χ0) is 28.2. The van der Waals surface area contributed by atoms with E-state index >= 15 is 0 Å². The summed E-state index contributed by atoms with van der Waals surface area (Å²) < 4.78 is 12.5. The molecule has 3 aromatic carbocycles. The van der Waals surface area contributed by atoms with Gasteiger partial charge in [-0.3, -0.25) is 14.6 Å². The molecule has 1 heterocycles. The lowest BCUT2D eigenvalue weighted by Crippen LogP contribution is -2.39. The van der Waals surface area contributed by atoms with Crippen LogP contribution in [0.5, 0.6) is 5.75 Å². The second-order valence-corrected chi connectivity index (χ2v) is 11.5. The van der Waals surface area contributed by atoms with Crippen molar-refractivity contribution in [3.63, 3.8) is 0 Å². The van der Waals surface area contributed by atoms with E-state index in [9.17, 15) is 9.59 Å². The molecule has 0 aromatic heterocycles. The maximum absolute atomic E-state index is 14.0. The van der Waals surface area contributed by atoms with Crippen LogP contribution in [-0.2, 0) is 20.9 Å². The zero-order valence-electron chi connectivity index (χ0n) is 23.6. The molecule has 0 saturated heterocycles. The molecule has 3 aromatic rings. The average Bonchev–Trinajstić information content (AvgIpc) is 3.01. The number of hydrogen-bond acceptors (Lipinski definition) is 5. The van der Waals surface area contributed by atoms with Crippen molar-refractivity contribution in [2.24, 2.45) is 10.9 Å². The standard InChI is InChI=1S/C36H37NO4/c1-24-33(36(39)41-28-17-9-4-10-18-28)34(29-19-11-12-20-32(29)40-23-25-13-5-2-6-14-25)35-30(37-24)21-27(22-31(35)38)26-15-7-3-8-16-26/h2-3,5-8,11-16,19-20,27-28,33-34H,4,9-10,17-18,21-23H2,1H3/t27-,33?,34-/m1/s1. The van der Waals surface area contributed by atoms with Crippen molar-refractivity contribution in [1.29, 1.82) is 0 Å². The third kappa shape index (κ3) is 5.90. The maximum Gasteiger partial charge on any atom is 0.315 e. The van der Waals surface area contributed by atoms with Crippen LogP contribution in [-0.4, -0.2) is 23.6 Å². The third-order valence-corrected chi connectivity index (χ3v) is 8.74. The molecule has 3 atom stereocenters. The molecule has 41 heavy (non-hydrogen) atoms. The van der Waals surface area contributed by atoms with E-state index in [2.05, 4.69) is 12.1 Å². The molecule has 1 aliphatic heterocycles. The van der Waals surface area contributed by atoms with Crippen LogP contribution >= 0.6 is 0 Å². The summed E-state index contributed by atoms with van der Waals surface area (Å²) >= 11 is 0. The fourth-order valence-electron chi connectivity index (χ4n) is 6.69. The number of ketones is 1. The monoisotopic (exact) mass is 547 g/mol. The van der Waals surface area contributed by atoms with E-state index in [-0.39, 0.29) is 23.8 Å². The van der Waals surface area contributed by atoms with Crippen molar-refractivity contribution in [3.8, 4) is 5.75 Å². The normalized spacial score (nSPS) is 23.0. The van der Waals surface area contributed by atoms with E-state index in [1.165, 1.54) is 6.42 Å². The van der Waals surface area contributed by atoms with Gasteiger partial charge in [0.1, 0.15) is 24.4 Å². The number of Topliss-reactive ketones (excluding diaryl/α,β-unsaturated/α-hetero) is 1. The molecule has 2 aliphatic carbocycles. The van der Waals surface area contributed by atoms with Crippen molar-refractivity contribution in [1.82, 2.24) is 0 Å². The summed E-state index contributed by atoms with van der Waals surface area (Å²) in [6, 6.07) is 28.0. The van der Waals surface area contributed by atoms with Gasteiger partial charge in [-0.05, 0) is 62.1 Å². The highest BCUT2D eigenvalue weighted by molar-refractivity contribution is 6.09. The Morgan fingerprint density at radius 1 is 0.854 bits per heavy atom. The van der Waals surface area contributed by atoms with Gasteiger partial charge in [0.05, 0.1) is 0 Å². The smallest absolute Gasteiger partial charge is 0.315 e. The number of benzene rings is 3. The number of rotatable bonds is 7. The van der Waals surface area contributed by atoms with E-state index in [1.807, 2.05) is 79.7 Å². The van der Waals surface area contributed by atoms with E-state index in [4.69, 9.17) is 14.5 Å². The number of hydrogen-bond donors (Lipinski definition) is 0. The largest absolute Gasteiger partial charge is 0.489 e. The maximum atomic E-state index is 14.0. The first-order chi connectivity index (χ1) is 20.1. The zero-order valence-corrected chi connectivity index (χ0v) is 23.6. The molecule has 5 nitrogen and oxygen atoms in total. The quantitative estimate of drug-likeness (QED) is 0.284. The number of para-hydroxylation sites is 1. The lowest BCUT2D eigenvalue weighted by molar-refractivity contribution is -0.153. The Labute approximate surface area is 242 Å². The number of nitrogens with zero attached hydrogens (tertiary/aromatic N) is 1. The average molecular weight is 548 g/mol. The predicted octanol–water partition coefficient (Wildman–Crippen LogP) is 7.72. The van der Waals surface area contributed by atoms with E-state index in [1.54, 1.807) is 0 Å². The molecule has 5 heteroatoms. The summed E-state index contributed by atoms with van der Waals surface area (Å²) in [5.41, 5.74) is 5.16. The molecule has 0 N–H and O–H groups in total. The van der Waals surface area contributed by atoms with E-state index in [0.717, 1.165) is 48.1 Å². The van der Waals surface area contributed by atoms with Crippen LogP contribution in [0.4, 0.5) is 0 Å². The third-order valence-electron chi connectivity index (χ3n) is 8.74. The molecular formula is C36H37NO4. The fraction of sp³-hybridized carbons (Fsp3) is 0.361. The molecule has 1 unspecified atom stereocenters. The number of carbonyl (C=O) groups is 2. The summed E-state index contributed by atoms with van der Waals surface area (Å²) in [7, 11) is 0. The van der Waals surface area contributed by atoms with Gasteiger partial charge < -0.3 is 9.47 Å². The minimum absolute atomic E-state index is 0.0506. The first kappa shape index (κ1) is 27.2. The van der Waals surface area contributed by atoms with Crippen molar-refractivity contribution in [3.05, 3.63) is 113 Å². The molecule has 1 saturated carbocycles. The number of ether oxygens (including phenoxy) is 2. The van der Waals surface area contributed by atoms with Gasteiger partial charge in [-0.2, -0.15) is 0 Å². The molecule has 0 spiro atoms. The van der Waals surface area contributed by atoms with Gasteiger partial charge in [0.25, 0.3) is 0 Å². The Balaban J connectivity index is 1.39. The highest BCUT2D eigenvalue weighted by Crippen LogP contribution is 2.49. The molecule has 0 amide bonds. The lowest BCUT2D eigenvalue weighted by atomic mass is 9.69. The summed E-state index contributed by atoms with van der Waals surface area (Å²) in [4.78, 5) is 32.9. The summed E-state index contributed by atoms with van der Waals surface area (Å²) in [6.45, 7) is 2.30. The highest BCUT2D eigenvalue weighted by Gasteiger charge is 2.46. The molecule has 210 valence electrons. The van der Waals surface area contributed by atoms with Crippen molar-refractivity contribution in [2.45, 2.75) is 76.4 Å². The highest BCUT2D eigenvalue weighted by atomic mass is 16.5. The van der Waals surface area contributed by atoms with Crippen LogP contribution in [0.3, 0.4) is 0 Å². The Bertz CT molecular complexity index is 1450. The van der Waals surface area contributed by atoms with Crippen LogP contribution in [0.2, 0.25) is 0 Å². The van der Waals surface area contributed by atoms with E-state index in [0.29, 0.717) is 36.5 Å². The first-order valence-electron chi connectivity index (χ1n) is 14.9. The number of allylic oxidation sites excluding steroid dienone is 2. The Morgan fingerprint density at radius 3 is 2.29 bits per heavy atom. The van der Waals surface area contributed by atoms with Crippen molar-refractivity contribution >= 4 is 17.5 Å². The Morgan fingerprint density at radius 2 is 1.54 bits per heavy atom. The number of carbonyl (C=O) groups excluding carboxylic acids is 2. The van der Waals surface area contributed by atoms with Gasteiger partial charge in [-0.1, -0.05) is 85.3 Å². The lowest BCUT2D eigenvalue weighted by Gasteiger charge is -2.37. The Hall–Kier alpha value is -3.99. The first-order valence-corrected chi connectivity index (χ1v) is 14.9. The second-order valence-electron chi connectivity index (χ2n) is 11.5. The van der Waals surface area contributed by atoms with Crippen LogP contribution in [0.25, 0.3) is 0 Å². The van der Waals surface area contributed by atoms with Crippen molar-refractivity contribution < 1.29 is 19.1 Å². The Kier molecular flexibility index (Phi) is 8.13. The van der Waals surface area contributed by atoms with Crippen LogP contribution in [0, 0.1) is 5.92 Å². The number of esters is 1. The van der Waals surface area contributed by atoms with Gasteiger partial charge in [-0.15, -0.1) is 0 Å². The topological polar surface area (TPSA) is 65.0 Å². The molecule has 6 rings (SSSR count). The van der Waals surface area contributed by atoms with Crippen LogP contribution < -0.4 is 4.74 Å². The molecular weight excluding hydrogens is 510 g/mol.